The third-order valence-corrected chi connectivity index (χ3v) is 2.60. The second kappa shape index (κ2) is 4.62. The third-order valence-electron chi connectivity index (χ3n) is 2.60. The molecule has 0 saturated carbocycles. The van der Waals surface area contributed by atoms with Crippen molar-refractivity contribution in [2.45, 2.75) is 25.9 Å². The van der Waals surface area contributed by atoms with Crippen molar-refractivity contribution >= 4 is 0 Å². The molecule has 1 heterocycles. The molecule has 0 unspecified atom stereocenters. The summed E-state index contributed by atoms with van der Waals surface area (Å²) in [7, 11) is 0. The lowest BCUT2D eigenvalue weighted by atomic mass is 10.1. The molecule has 0 aliphatic carbocycles. The Bertz CT molecular complexity index is 332. The van der Waals surface area contributed by atoms with Crippen LogP contribution in [0, 0.1) is 12.7 Å². The van der Waals surface area contributed by atoms with Crippen molar-refractivity contribution in [2.24, 2.45) is 0 Å². The minimum Gasteiger partial charge on any atom is -0.490 e. The van der Waals surface area contributed by atoms with Crippen molar-refractivity contribution in [2.75, 3.05) is 13.2 Å². The van der Waals surface area contributed by atoms with Crippen LogP contribution in [0.5, 0.6) is 5.75 Å². The first-order chi connectivity index (χ1) is 7.25. The van der Waals surface area contributed by atoms with Crippen LogP contribution in [0.2, 0.25) is 0 Å². The first-order valence-electron chi connectivity index (χ1n) is 5.26. The van der Waals surface area contributed by atoms with Gasteiger partial charge in [-0.2, -0.15) is 0 Å². The Hall–Kier alpha value is -1.09. The van der Waals surface area contributed by atoms with Crippen molar-refractivity contribution < 1.29 is 13.9 Å². The molecule has 1 saturated heterocycles. The molecule has 1 aliphatic heterocycles. The van der Waals surface area contributed by atoms with Gasteiger partial charge in [0.1, 0.15) is 17.7 Å². The lowest BCUT2D eigenvalue weighted by Gasteiger charge is -2.24. The first kappa shape index (κ1) is 10.4. The molecule has 0 radical (unpaired) electrons. The Morgan fingerprint density at radius 1 is 1.33 bits per heavy atom. The molecule has 1 aromatic carbocycles. The standard InChI is InChI=1S/C12H15FO2/c1-9-8-10(13)2-3-12(9)15-11-4-6-14-7-5-11/h2-3,8,11H,4-7H2,1H3. The van der Waals surface area contributed by atoms with Crippen molar-refractivity contribution in [1.82, 2.24) is 0 Å². The van der Waals surface area contributed by atoms with Gasteiger partial charge in [-0.3, -0.25) is 0 Å². The van der Waals surface area contributed by atoms with Crippen molar-refractivity contribution in [3.05, 3.63) is 29.6 Å². The van der Waals surface area contributed by atoms with E-state index >= 15 is 0 Å². The van der Waals surface area contributed by atoms with E-state index < -0.39 is 0 Å². The second-order valence-corrected chi connectivity index (χ2v) is 3.84. The van der Waals surface area contributed by atoms with Gasteiger partial charge in [0.25, 0.3) is 0 Å². The van der Waals surface area contributed by atoms with Gasteiger partial charge in [0, 0.05) is 12.8 Å². The minimum atomic E-state index is -0.216. The van der Waals surface area contributed by atoms with Gasteiger partial charge in [-0.1, -0.05) is 0 Å². The zero-order chi connectivity index (χ0) is 10.7. The average Bonchev–Trinajstić information content (AvgIpc) is 2.24. The van der Waals surface area contributed by atoms with Crippen LogP contribution in [0.25, 0.3) is 0 Å². The van der Waals surface area contributed by atoms with Gasteiger partial charge < -0.3 is 9.47 Å². The number of halogens is 1. The average molecular weight is 210 g/mol. The third kappa shape index (κ3) is 2.69. The molecule has 0 amide bonds. The summed E-state index contributed by atoms with van der Waals surface area (Å²) < 4.78 is 23.9. The molecule has 0 spiro atoms. The van der Waals surface area contributed by atoms with Crippen LogP contribution in [0.1, 0.15) is 18.4 Å². The summed E-state index contributed by atoms with van der Waals surface area (Å²) in [5.41, 5.74) is 0.849. The molecule has 15 heavy (non-hydrogen) atoms. The fraction of sp³-hybridized carbons (Fsp3) is 0.500. The number of ether oxygens (including phenoxy) is 2. The van der Waals surface area contributed by atoms with Gasteiger partial charge >= 0.3 is 0 Å². The minimum absolute atomic E-state index is 0.211. The number of benzene rings is 1. The highest BCUT2D eigenvalue weighted by molar-refractivity contribution is 5.32. The maximum atomic E-state index is 12.9. The zero-order valence-electron chi connectivity index (χ0n) is 8.83. The van der Waals surface area contributed by atoms with E-state index in [2.05, 4.69) is 0 Å². The van der Waals surface area contributed by atoms with Crippen LogP contribution in [-0.4, -0.2) is 19.3 Å². The molecule has 2 rings (SSSR count). The van der Waals surface area contributed by atoms with Crippen LogP contribution >= 0.6 is 0 Å². The fourth-order valence-corrected chi connectivity index (χ4v) is 1.72. The second-order valence-electron chi connectivity index (χ2n) is 3.84. The largest absolute Gasteiger partial charge is 0.490 e. The van der Waals surface area contributed by atoms with Crippen LogP contribution in [-0.2, 0) is 4.74 Å². The molecular formula is C12H15FO2. The Labute approximate surface area is 89.0 Å². The van der Waals surface area contributed by atoms with Gasteiger partial charge in [-0.25, -0.2) is 4.39 Å². The van der Waals surface area contributed by atoms with E-state index in [1.54, 1.807) is 6.07 Å². The summed E-state index contributed by atoms with van der Waals surface area (Å²) in [6, 6.07) is 4.62. The molecule has 1 fully saturated rings. The molecule has 0 aromatic heterocycles. The lowest BCUT2D eigenvalue weighted by Crippen LogP contribution is -2.26. The van der Waals surface area contributed by atoms with Gasteiger partial charge in [0.05, 0.1) is 13.2 Å². The molecule has 1 aliphatic rings. The summed E-state index contributed by atoms with van der Waals surface area (Å²) >= 11 is 0. The Balaban J connectivity index is 2.03. The highest BCUT2D eigenvalue weighted by Crippen LogP contribution is 2.22. The predicted octanol–water partition coefficient (Wildman–Crippen LogP) is 2.69. The van der Waals surface area contributed by atoms with E-state index in [1.807, 2.05) is 6.92 Å². The Morgan fingerprint density at radius 3 is 2.73 bits per heavy atom. The maximum Gasteiger partial charge on any atom is 0.123 e. The molecule has 2 nitrogen and oxygen atoms in total. The van der Waals surface area contributed by atoms with E-state index in [0.29, 0.717) is 0 Å². The van der Waals surface area contributed by atoms with E-state index in [-0.39, 0.29) is 11.9 Å². The Morgan fingerprint density at radius 2 is 2.07 bits per heavy atom. The molecule has 0 atom stereocenters. The summed E-state index contributed by atoms with van der Waals surface area (Å²) in [5.74, 6) is 0.565. The van der Waals surface area contributed by atoms with Crippen molar-refractivity contribution in [3.8, 4) is 5.75 Å². The molecule has 1 aromatic rings. The van der Waals surface area contributed by atoms with Crippen LogP contribution in [0.3, 0.4) is 0 Å². The summed E-state index contributed by atoms with van der Waals surface area (Å²) in [5, 5.41) is 0. The van der Waals surface area contributed by atoms with Gasteiger partial charge in [0.2, 0.25) is 0 Å². The van der Waals surface area contributed by atoms with E-state index in [4.69, 9.17) is 9.47 Å². The van der Waals surface area contributed by atoms with Crippen molar-refractivity contribution in [3.63, 3.8) is 0 Å². The molecule has 0 bridgehead atoms. The molecular weight excluding hydrogens is 195 g/mol. The first-order valence-corrected chi connectivity index (χ1v) is 5.26. The monoisotopic (exact) mass is 210 g/mol. The van der Waals surface area contributed by atoms with Gasteiger partial charge in [0.15, 0.2) is 0 Å². The van der Waals surface area contributed by atoms with E-state index in [0.717, 1.165) is 37.4 Å². The molecule has 82 valence electrons. The smallest absolute Gasteiger partial charge is 0.123 e. The fourth-order valence-electron chi connectivity index (χ4n) is 1.72. The predicted molar refractivity (Wildman–Crippen MR) is 55.6 cm³/mol. The number of hydrogen-bond acceptors (Lipinski definition) is 2. The van der Waals surface area contributed by atoms with E-state index in [1.165, 1.54) is 12.1 Å². The number of hydrogen-bond donors (Lipinski definition) is 0. The zero-order valence-corrected chi connectivity index (χ0v) is 8.83. The molecule has 0 N–H and O–H groups in total. The lowest BCUT2D eigenvalue weighted by molar-refractivity contribution is 0.0252. The summed E-state index contributed by atoms with van der Waals surface area (Å²) in [6.45, 7) is 3.37. The van der Waals surface area contributed by atoms with E-state index in [9.17, 15) is 4.39 Å². The van der Waals surface area contributed by atoms with Gasteiger partial charge in [-0.15, -0.1) is 0 Å². The topological polar surface area (TPSA) is 18.5 Å². The normalized spacial score (nSPS) is 17.7. The Kier molecular flexibility index (Phi) is 3.21. The summed E-state index contributed by atoms with van der Waals surface area (Å²) in [6.07, 6.45) is 2.04. The SMILES string of the molecule is Cc1cc(F)ccc1OC1CCOCC1. The highest BCUT2D eigenvalue weighted by Gasteiger charge is 2.16. The molecule has 3 heteroatoms. The maximum absolute atomic E-state index is 12.9. The van der Waals surface area contributed by atoms with Gasteiger partial charge in [-0.05, 0) is 30.7 Å². The number of aryl methyl sites for hydroxylation is 1. The number of rotatable bonds is 2. The van der Waals surface area contributed by atoms with Crippen LogP contribution in [0.4, 0.5) is 4.39 Å². The summed E-state index contributed by atoms with van der Waals surface area (Å²) in [4.78, 5) is 0. The van der Waals surface area contributed by atoms with Crippen LogP contribution in [0.15, 0.2) is 18.2 Å². The highest BCUT2D eigenvalue weighted by atomic mass is 19.1. The van der Waals surface area contributed by atoms with Crippen molar-refractivity contribution in [1.29, 1.82) is 0 Å². The van der Waals surface area contributed by atoms with Crippen LogP contribution < -0.4 is 4.74 Å². The quantitative estimate of drug-likeness (QED) is 0.747.